The van der Waals surface area contributed by atoms with Gasteiger partial charge in [-0.05, 0) is 13.3 Å². The Morgan fingerprint density at radius 1 is 0.750 bits per heavy atom. The van der Waals surface area contributed by atoms with Crippen LogP contribution in [0.2, 0.25) is 0 Å². The van der Waals surface area contributed by atoms with E-state index in [2.05, 4.69) is 12.2 Å². The lowest BCUT2D eigenvalue weighted by Crippen LogP contribution is -2.34. The van der Waals surface area contributed by atoms with E-state index in [-0.39, 0.29) is 18.6 Å². The number of hydrogen-bond donors (Lipinski definition) is 2. The highest BCUT2D eigenvalue weighted by Gasteiger charge is 2.05. The molecule has 0 aromatic heterocycles. The third-order valence-electron chi connectivity index (χ3n) is 4.69. The SMILES string of the molecule is CCCCCCCCCCCCCCCCCC(=O)NC(C)CO. The minimum atomic E-state index is -0.117. The van der Waals surface area contributed by atoms with E-state index in [1.54, 1.807) is 0 Å². The number of amides is 1. The molecule has 3 heteroatoms. The Labute approximate surface area is 151 Å². The summed E-state index contributed by atoms with van der Waals surface area (Å²) < 4.78 is 0. The minimum Gasteiger partial charge on any atom is -0.394 e. The second-order valence-corrected chi connectivity index (χ2v) is 7.35. The lowest BCUT2D eigenvalue weighted by molar-refractivity contribution is -0.122. The number of aliphatic hydroxyl groups excluding tert-OH is 1. The summed E-state index contributed by atoms with van der Waals surface area (Å²) in [6.07, 6.45) is 20.7. The van der Waals surface area contributed by atoms with E-state index < -0.39 is 0 Å². The number of carbonyl (C=O) groups excluding carboxylic acids is 1. The van der Waals surface area contributed by atoms with Gasteiger partial charge in [-0.15, -0.1) is 0 Å². The monoisotopic (exact) mass is 341 g/mol. The number of aliphatic hydroxyl groups is 1. The van der Waals surface area contributed by atoms with Gasteiger partial charge in [0.05, 0.1) is 6.61 Å². The summed E-state index contributed by atoms with van der Waals surface area (Å²) in [5.74, 6) is 0.0752. The maximum Gasteiger partial charge on any atom is 0.220 e. The molecule has 1 atom stereocenters. The standard InChI is InChI=1S/C21H43NO2/c1-3-4-5-6-7-8-9-10-11-12-13-14-15-16-17-18-21(24)22-20(2)19-23/h20,23H,3-19H2,1-2H3,(H,22,24). The van der Waals surface area contributed by atoms with Crippen LogP contribution < -0.4 is 5.32 Å². The van der Waals surface area contributed by atoms with Crippen molar-refractivity contribution in [3.63, 3.8) is 0 Å². The van der Waals surface area contributed by atoms with Crippen LogP contribution in [-0.4, -0.2) is 23.7 Å². The maximum absolute atomic E-state index is 11.5. The van der Waals surface area contributed by atoms with E-state index in [9.17, 15) is 4.79 Å². The fraction of sp³-hybridized carbons (Fsp3) is 0.952. The van der Waals surface area contributed by atoms with Crippen molar-refractivity contribution in [1.82, 2.24) is 5.32 Å². The molecule has 0 aromatic carbocycles. The Balaban J connectivity index is 3.11. The molecule has 0 fully saturated rings. The zero-order valence-electron chi connectivity index (χ0n) is 16.5. The van der Waals surface area contributed by atoms with Crippen LogP contribution in [0.5, 0.6) is 0 Å². The Morgan fingerprint density at radius 2 is 1.12 bits per heavy atom. The van der Waals surface area contributed by atoms with Crippen LogP contribution in [0.4, 0.5) is 0 Å². The number of rotatable bonds is 18. The van der Waals surface area contributed by atoms with Gasteiger partial charge in [0.15, 0.2) is 0 Å². The molecule has 0 aromatic rings. The zero-order valence-corrected chi connectivity index (χ0v) is 16.5. The second kappa shape index (κ2) is 18.8. The highest BCUT2D eigenvalue weighted by atomic mass is 16.3. The normalized spacial score (nSPS) is 12.3. The van der Waals surface area contributed by atoms with E-state index in [1.165, 1.54) is 83.5 Å². The van der Waals surface area contributed by atoms with Crippen LogP contribution in [0.15, 0.2) is 0 Å². The van der Waals surface area contributed by atoms with Gasteiger partial charge in [0, 0.05) is 12.5 Å². The van der Waals surface area contributed by atoms with Crippen LogP contribution >= 0.6 is 0 Å². The molecule has 0 heterocycles. The number of nitrogens with one attached hydrogen (secondary N) is 1. The summed E-state index contributed by atoms with van der Waals surface area (Å²) in [6, 6.07) is -0.117. The molecule has 0 saturated heterocycles. The fourth-order valence-corrected chi connectivity index (χ4v) is 3.05. The quantitative estimate of drug-likeness (QED) is 0.312. The number of hydrogen-bond acceptors (Lipinski definition) is 2. The molecule has 1 amide bonds. The molecule has 0 rings (SSSR count). The Hall–Kier alpha value is -0.570. The summed E-state index contributed by atoms with van der Waals surface area (Å²) in [7, 11) is 0. The lowest BCUT2D eigenvalue weighted by Gasteiger charge is -2.10. The smallest absolute Gasteiger partial charge is 0.220 e. The molecule has 0 aliphatic heterocycles. The first-order chi connectivity index (χ1) is 11.7. The van der Waals surface area contributed by atoms with E-state index in [4.69, 9.17) is 5.11 Å². The molecule has 144 valence electrons. The predicted molar refractivity (Wildman–Crippen MR) is 104 cm³/mol. The minimum absolute atomic E-state index is 0.0184. The van der Waals surface area contributed by atoms with Crippen molar-refractivity contribution >= 4 is 5.91 Å². The molecule has 0 bridgehead atoms. The van der Waals surface area contributed by atoms with Gasteiger partial charge in [-0.1, -0.05) is 96.8 Å². The van der Waals surface area contributed by atoms with Gasteiger partial charge in [-0.25, -0.2) is 0 Å². The van der Waals surface area contributed by atoms with E-state index in [0.717, 1.165) is 12.8 Å². The van der Waals surface area contributed by atoms with E-state index in [0.29, 0.717) is 6.42 Å². The fourth-order valence-electron chi connectivity index (χ4n) is 3.05. The first-order valence-corrected chi connectivity index (χ1v) is 10.6. The second-order valence-electron chi connectivity index (χ2n) is 7.35. The van der Waals surface area contributed by atoms with Crippen LogP contribution in [0.3, 0.4) is 0 Å². The van der Waals surface area contributed by atoms with Gasteiger partial charge in [0.1, 0.15) is 0 Å². The summed E-state index contributed by atoms with van der Waals surface area (Å²) in [5, 5.41) is 11.7. The van der Waals surface area contributed by atoms with Crippen LogP contribution in [0.1, 0.15) is 117 Å². The van der Waals surface area contributed by atoms with Crippen molar-refractivity contribution in [2.45, 2.75) is 123 Å². The summed E-state index contributed by atoms with van der Waals surface area (Å²) in [6.45, 7) is 4.12. The molecular weight excluding hydrogens is 298 g/mol. The molecule has 24 heavy (non-hydrogen) atoms. The van der Waals surface area contributed by atoms with E-state index in [1.807, 2.05) is 6.92 Å². The van der Waals surface area contributed by atoms with Crippen molar-refractivity contribution in [3.05, 3.63) is 0 Å². The van der Waals surface area contributed by atoms with Crippen molar-refractivity contribution in [2.24, 2.45) is 0 Å². The first kappa shape index (κ1) is 23.4. The van der Waals surface area contributed by atoms with Crippen LogP contribution in [0.25, 0.3) is 0 Å². The van der Waals surface area contributed by atoms with Gasteiger partial charge in [0.2, 0.25) is 5.91 Å². The van der Waals surface area contributed by atoms with Crippen LogP contribution in [0, 0.1) is 0 Å². The molecule has 3 nitrogen and oxygen atoms in total. The Kier molecular flexibility index (Phi) is 18.3. The average Bonchev–Trinajstić information content (AvgIpc) is 2.58. The average molecular weight is 342 g/mol. The summed E-state index contributed by atoms with van der Waals surface area (Å²) in [5.41, 5.74) is 0. The molecule has 0 aliphatic carbocycles. The topological polar surface area (TPSA) is 49.3 Å². The first-order valence-electron chi connectivity index (χ1n) is 10.6. The third kappa shape index (κ3) is 17.8. The Morgan fingerprint density at radius 3 is 1.50 bits per heavy atom. The van der Waals surface area contributed by atoms with Crippen molar-refractivity contribution in [3.8, 4) is 0 Å². The Bertz CT molecular complexity index is 269. The molecular formula is C21H43NO2. The highest BCUT2D eigenvalue weighted by molar-refractivity contribution is 5.76. The van der Waals surface area contributed by atoms with Gasteiger partial charge in [-0.3, -0.25) is 4.79 Å². The molecule has 2 N–H and O–H groups in total. The van der Waals surface area contributed by atoms with Gasteiger partial charge >= 0.3 is 0 Å². The highest BCUT2D eigenvalue weighted by Crippen LogP contribution is 2.13. The number of unbranched alkanes of at least 4 members (excludes halogenated alkanes) is 14. The third-order valence-corrected chi connectivity index (χ3v) is 4.69. The van der Waals surface area contributed by atoms with Gasteiger partial charge in [0.25, 0.3) is 0 Å². The van der Waals surface area contributed by atoms with E-state index >= 15 is 0 Å². The van der Waals surface area contributed by atoms with Crippen LogP contribution in [-0.2, 0) is 4.79 Å². The summed E-state index contributed by atoms with van der Waals surface area (Å²) >= 11 is 0. The molecule has 0 saturated carbocycles. The van der Waals surface area contributed by atoms with Gasteiger partial charge in [-0.2, -0.15) is 0 Å². The number of carbonyl (C=O) groups is 1. The van der Waals surface area contributed by atoms with Crippen molar-refractivity contribution in [1.29, 1.82) is 0 Å². The molecule has 0 spiro atoms. The zero-order chi connectivity index (χ0) is 17.9. The van der Waals surface area contributed by atoms with Crippen molar-refractivity contribution in [2.75, 3.05) is 6.61 Å². The lowest BCUT2D eigenvalue weighted by atomic mass is 10.0. The molecule has 0 aliphatic rings. The summed E-state index contributed by atoms with van der Waals surface area (Å²) in [4.78, 5) is 11.5. The largest absolute Gasteiger partial charge is 0.394 e. The van der Waals surface area contributed by atoms with Crippen molar-refractivity contribution < 1.29 is 9.90 Å². The molecule has 1 unspecified atom stereocenters. The predicted octanol–water partition coefficient (Wildman–Crippen LogP) is 5.74. The van der Waals surface area contributed by atoms with Gasteiger partial charge < -0.3 is 10.4 Å². The maximum atomic E-state index is 11.5. The molecule has 0 radical (unpaired) electrons.